The maximum atomic E-state index is 11.8. The van der Waals surface area contributed by atoms with Gasteiger partial charge < -0.3 is 20.3 Å². The third-order valence-electron chi connectivity index (χ3n) is 4.93. The topological polar surface area (TPSA) is 74.0 Å². The van der Waals surface area contributed by atoms with Crippen LogP contribution in [0.5, 0.6) is 0 Å². The number of epoxide rings is 1. The first-order valence-corrected chi connectivity index (χ1v) is 11.2. The van der Waals surface area contributed by atoms with Crippen LogP contribution in [-0.4, -0.2) is 62.1 Å². The summed E-state index contributed by atoms with van der Waals surface area (Å²) in [4.78, 5) is 26.0. The van der Waals surface area contributed by atoms with Gasteiger partial charge in [-0.3, -0.25) is 9.59 Å². The molecule has 0 aliphatic carbocycles. The Balaban J connectivity index is 2.07. The number of ether oxygens (including phenoxy) is 1. The average molecular weight is 408 g/mol. The summed E-state index contributed by atoms with van der Waals surface area (Å²) < 4.78 is 5.36. The lowest BCUT2D eigenvalue weighted by Gasteiger charge is -2.21. The van der Waals surface area contributed by atoms with Crippen LogP contribution >= 0.6 is 0 Å². The molecule has 29 heavy (non-hydrogen) atoms. The van der Waals surface area contributed by atoms with E-state index >= 15 is 0 Å². The number of hydrogen-bond donors (Lipinski definition) is 2. The van der Waals surface area contributed by atoms with Gasteiger partial charge in [-0.25, -0.2) is 0 Å². The minimum atomic E-state index is 0.141. The molecule has 2 amide bonds. The first kappa shape index (κ1) is 25.4. The van der Waals surface area contributed by atoms with E-state index in [1.165, 1.54) is 0 Å². The predicted octanol–water partition coefficient (Wildman–Crippen LogP) is 3.19. The van der Waals surface area contributed by atoms with Crippen LogP contribution in [0.25, 0.3) is 0 Å². The fourth-order valence-corrected chi connectivity index (χ4v) is 3.14. The maximum absolute atomic E-state index is 11.8. The Hall–Kier alpha value is -1.66. The lowest BCUT2D eigenvalue weighted by Crippen LogP contribution is -2.34. The van der Waals surface area contributed by atoms with Gasteiger partial charge in [-0.1, -0.05) is 12.2 Å². The molecule has 0 saturated carbocycles. The van der Waals surface area contributed by atoms with Crippen LogP contribution in [0, 0.1) is 0 Å². The third kappa shape index (κ3) is 15.9. The summed E-state index contributed by atoms with van der Waals surface area (Å²) in [7, 11) is 0. The highest BCUT2D eigenvalue weighted by atomic mass is 16.6. The quantitative estimate of drug-likeness (QED) is 0.185. The number of nitrogens with zero attached hydrogens (tertiary/aromatic N) is 1. The number of nitrogens with one attached hydrogen (secondary N) is 2. The van der Waals surface area contributed by atoms with Crippen LogP contribution in [0.4, 0.5) is 0 Å². The Morgan fingerprint density at radius 3 is 1.76 bits per heavy atom. The van der Waals surface area contributed by atoms with Crippen molar-refractivity contribution in [3.05, 3.63) is 25.3 Å². The second-order valence-corrected chi connectivity index (χ2v) is 7.73. The molecule has 1 atom stereocenters. The van der Waals surface area contributed by atoms with Crippen molar-refractivity contribution in [2.45, 2.75) is 70.3 Å². The number of carbonyl (C=O) groups excluding carboxylic acids is 2. The van der Waals surface area contributed by atoms with E-state index in [-0.39, 0.29) is 11.8 Å². The molecule has 1 unspecified atom stereocenters. The van der Waals surface area contributed by atoms with E-state index in [1.807, 2.05) is 12.2 Å². The smallest absolute Gasteiger partial charge is 0.219 e. The normalized spacial score (nSPS) is 15.1. The Morgan fingerprint density at radius 2 is 1.34 bits per heavy atom. The monoisotopic (exact) mass is 407 g/mol. The number of allylic oxidation sites excluding steroid dienone is 2. The van der Waals surface area contributed by atoms with Crippen LogP contribution in [0.15, 0.2) is 25.3 Å². The van der Waals surface area contributed by atoms with Crippen molar-refractivity contribution in [3.63, 3.8) is 0 Å². The van der Waals surface area contributed by atoms with E-state index < -0.39 is 0 Å². The van der Waals surface area contributed by atoms with Gasteiger partial charge in [0.25, 0.3) is 0 Å². The lowest BCUT2D eigenvalue weighted by molar-refractivity contribution is -0.122. The van der Waals surface area contributed by atoms with Gasteiger partial charge in [0.2, 0.25) is 11.8 Å². The summed E-state index contributed by atoms with van der Waals surface area (Å²) in [5, 5.41) is 6.02. The fourth-order valence-electron chi connectivity index (χ4n) is 3.14. The van der Waals surface area contributed by atoms with Crippen molar-refractivity contribution in [1.82, 2.24) is 15.5 Å². The Kier molecular flexibility index (Phi) is 15.1. The minimum absolute atomic E-state index is 0.141. The summed E-state index contributed by atoms with van der Waals surface area (Å²) in [6.07, 6.45) is 13.0. The number of amides is 2. The predicted molar refractivity (Wildman–Crippen MR) is 119 cm³/mol. The Labute approximate surface area is 177 Å². The molecule has 1 rings (SSSR count). The molecule has 1 heterocycles. The van der Waals surface area contributed by atoms with Crippen molar-refractivity contribution in [2.75, 3.05) is 39.3 Å². The molecule has 1 aliphatic rings. The van der Waals surface area contributed by atoms with Crippen molar-refractivity contribution >= 4 is 11.8 Å². The van der Waals surface area contributed by atoms with Gasteiger partial charge in [-0.2, -0.15) is 0 Å². The molecule has 2 N–H and O–H groups in total. The average Bonchev–Trinajstić information content (AvgIpc) is 3.53. The third-order valence-corrected chi connectivity index (χ3v) is 4.93. The minimum Gasteiger partial charge on any atom is -0.372 e. The molecule has 0 aromatic heterocycles. The van der Waals surface area contributed by atoms with E-state index in [0.29, 0.717) is 32.0 Å². The molecule has 0 aromatic rings. The second kappa shape index (κ2) is 17.2. The van der Waals surface area contributed by atoms with Crippen molar-refractivity contribution in [1.29, 1.82) is 0 Å². The molecule has 0 bridgehead atoms. The summed E-state index contributed by atoms with van der Waals surface area (Å²) in [5.41, 5.74) is 0. The number of carbonyl (C=O) groups is 2. The Morgan fingerprint density at radius 1 is 0.862 bits per heavy atom. The largest absolute Gasteiger partial charge is 0.372 e. The number of rotatable bonds is 20. The van der Waals surface area contributed by atoms with E-state index in [4.69, 9.17) is 4.74 Å². The highest BCUT2D eigenvalue weighted by Gasteiger charge is 2.25. The van der Waals surface area contributed by atoms with E-state index in [9.17, 15) is 9.59 Å². The van der Waals surface area contributed by atoms with Gasteiger partial charge in [0, 0.05) is 32.5 Å². The Bertz CT molecular complexity index is 442. The van der Waals surface area contributed by atoms with Gasteiger partial charge in [0.1, 0.15) is 0 Å². The molecule has 6 nitrogen and oxygen atoms in total. The zero-order chi connectivity index (χ0) is 21.2. The van der Waals surface area contributed by atoms with Gasteiger partial charge in [-0.15, -0.1) is 13.2 Å². The molecular weight excluding hydrogens is 366 g/mol. The van der Waals surface area contributed by atoms with Crippen molar-refractivity contribution in [2.24, 2.45) is 0 Å². The molecule has 1 fully saturated rings. The fraction of sp³-hybridized carbons (Fsp3) is 0.739. The molecule has 1 saturated heterocycles. The summed E-state index contributed by atoms with van der Waals surface area (Å²) in [5.74, 6) is 0.281. The van der Waals surface area contributed by atoms with Gasteiger partial charge in [0.05, 0.1) is 12.7 Å². The summed E-state index contributed by atoms with van der Waals surface area (Å²) in [6, 6.07) is 0. The summed E-state index contributed by atoms with van der Waals surface area (Å²) in [6.45, 7) is 12.5. The van der Waals surface area contributed by atoms with Crippen LogP contribution in [-0.2, 0) is 14.3 Å². The molecule has 6 heteroatoms. The van der Waals surface area contributed by atoms with E-state index in [1.54, 1.807) is 0 Å². The highest BCUT2D eigenvalue weighted by Crippen LogP contribution is 2.11. The van der Waals surface area contributed by atoms with Gasteiger partial charge >= 0.3 is 0 Å². The molecule has 166 valence electrons. The SMILES string of the molecule is C=CCCCCC(=O)NCCCN(CCCNC(=O)CCCCC=C)CC1CO1. The summed E-state index contributed by atoms with van der Waals surface area (Å²) >= 11 is 0. The van der Waals surface area contributed by atoms with Crippen molar-refractivity contribution < 1.29 is 14.3 Å². The molecule has 0 radical (unpaired) electrons. The van der Waals surface area contributed by atoms with Gasteiger partial charge in [0.15, 0.2) is 0 Å². The first-order chi connectivity index (χ1) is 14.2. The van der Waals surface area contributed by atoms with E-state index in [2.05, 4.69) is 28.7 Å². The van der Waals surface area contributed by atoms with Gasteiger partial charge in [-0.05, 0) is 64.5 Å². The van der Waals surface area contributed by atoms with Crippen molar-refractivity contribution in [3.8, 4) is 0 Å². The molecule has 0 spiro atoms. The number of hydrogen-bond acceptors (Lipinski definition) is 4. The number of unbranched alkanes of at least 4 members (excludes halogenated alkanes) is 4. The van der Waals surface area contributed by atoms with Crippen LogP contribution in [0.1, 0.15) is 64.2 Å². The van der Waals surface area contributed by atoms with Crippen LogP contribution in [0.3, 0.4) is 0 Å². The molecule has 0 aromatic carbocycles. The molecular formula is C23H41N3O3. The zero-order valence-corrected chi connectivity index (χ0v) is 18.1. The maximum Gasteiger partial charge on any atom is 0.219 e. The highest BCUT2D eigenvalue weighted by molar-refractivity contribution is 5.76. The lowest BCUT2D eigenvalue weighted by atomic mass is 10.2. The standard InChI is InChI=1S/C23H41N3O3/c1-3-5-7-9-13-22(27)24-15-11-17-26(19-21-20-29-21)18-12-16-25-23(28)14-10-8-6-4-2/h3-4,21H,1-2,5-20H2,(H,24,27)(H,25,28). The molecule has 1 aliphatic heterocycles. The van der Waals surface area contributed by atoms with Crippen LogP contribution in [0.2, 0.25) is 0 Å². The zero-order valence-electron chi connectivity index (χ0n) is 18.1. The van der Waals surface area contributed by atoms with Crippen LogP contribution < -0.4 is 10.6 Å². The second-order valence-electron chi connectivity index (χ2n) is 7.73. The first-order valence-electron chi connectivity index (χ1n) is 11.2. The van der Waals surface area contributed by atoms with E-state index in [0.717, 1.165) is 77.6 Å².